The summed E-state index contributed by atoms with van der Waals surface area (Å²) in [6.07, 6.45) is 0. The second kappa shape index (κ2) is 9.33. The maximum absolute atomic E-state index is 12.8. The van der Waals surface area contributed by atoms with Crippen LogP contribution >= 0.6 is 35.1 Å². The number of Topliss-reactive ketones (excluding diaryl/α,β-unsaturated/α-hetero) is 1. The maximum atomic E-state index is 12.8. The number of anilines is 1. The quantitative estimate of drug-likeness (QED) is 0.253. The summed E-state index contributed by atoms with van der Waals surface area (Å²) in [5.74, 6) is -0.0437. The highest BCUT2D eigenvalue weighted by Crippen LogP contribution is 2.71. The van der Waals surface area contributed by atoms with E-state index in [0.717, 1.165) is 16.8 Å². The van der Waals surface area contributed by atoms with Crippen LogP contribution in [0.4, 0.5) is 5.69 Å². The van der Waals surface area contributed by atoms with Crippen molar-refractivity contribution in [1.82, 2.24) is 0 Å². The lowest BCUT2D eigenvalue weighted by atomic mass is 9.81. The molecule has 1 spiro atoms. The summed E-state index contributed by atoms with van der Waals surface area (Å²) in [6.45, 7) is 7.83. The molecule has 0 aromatic heterocycles. The van der Waals surface area contributed by atoms with Gasteiger partial charge in [0.1, 0.15) is 0 Å². The van der Waals surface area contributed by atoms with Crippen LogP contribution in [0.3, 0.4) is 0 Å². The third-order valence-corrected chi connectivity index (χ3v) is 11.1. The number of hydrazone groups is 1. The smallest absolute Gasteiger partial charge is 0.187 e. The first kappa shape index (κ1) is 25.3. The Hall–Kier alpha value is -2.99. The van der Waals surface area contributed by atoms with E-state index >= 15 is 0 Å². The lowest BCUT2D eigenvalue weighted by Gasteiger charge is -2.37. The molecule has 6 rings (SSSR count). The third kappa shape index (κ3) is 3.75. The van der Waals surface area contributed by atoms with Crippen molar-refractivity contribution in [2.24, 2.45) is 5.10 Å². The van der Waals surface area contributed by atoms with Gasteiger partial charge in [0, 0.05) is 17.5 Å². The fraction of sp³-hybridized carbons (Fsp3) is 0.188. The zero-order valence-corrected chi connectivity index (χ0v) is 24.0. The van der Waals surface area contributed by atoms with Crippen LogP contribution in [0.2, 0.25) is 5.02 Å². The summed E-state index contributed by atoms with van der Waals surface area (Å²) in [6, 6.07) is 32.1. The Bertz CT molecular complexity index is 1550. The van der Waals surface area contributed by atoms with E-state index < -0.39 is 8.95 Å². The number of carbonyl (C=O) groups excluding carboxylic acids is 1. The second-order valence-corrected chi connectivity index (χ2v) is 13.2. The first-order valence-electron chi connectivity index (χ1n) is 12.5. The Morgan fingerprint density at radius 2 is 1.37 bits per heavy atom. The lowest BCUT2D eigenvalue weighted by molar-refractivity contribution is -0.110. The van der Waals surface area contributed by atoms with Crippen LogP contribution in [0, 0.1) is 20.8 Å². The Morgan fingerprint density at radius 3 is 1.95 bits per heavy atom. The fourth-order valence-corrected chi connectivity index (χ4v) is 9.03. The summed E-state index contributed by atoms with van der Waals surface area (Å²) in [5.41, 5.74) is 8.99. The number of benzene rings is 4. The van der Waals surface area contributed by atoms with Gasteiger partial charge >= 0.3 is 0 Å². The molecule has 0 radical (unpaired) electrons. The van der Waals surface area contributed by atoms with Gasteiger partial charge in [-0.05, 0) is 55.2 Å². The average molecular weight is 555 g/mol. The molecule has 0 saturated heterocycles. The molecule has 3 nitrogen and oxygen atoms in total. The van der Waals surface area contributed by atoms with Crippen LogP contribution in [-0.2, 0) is 13.7 Å². The van der Waals surface area contributed by atoms with Gasteiger partial charge in [0.25, 0.3) is 0 Å². The highest BCUT2D eigenvalue weighted by molar-refractivity contribution is 8.27. The minimum Gasteiger partial charge on any atom is -0.292 e. The molecular weight excluding hydrogens is 528 g/mol. The normalized spacial score (nSPS) is 19.5. The van der Waals surface area contributed by atoms with Crippen LogP contribution in [0.5, 0.6) is 0 Å². The highest BCUT2D eigenvalue weighted by atomic mass is 35.5. The average Bonchev–Trinajstić information content (AvgIpc) is 3.44. The van der Waals surface area contributed by atoms with Gasteiger partial charge in [-0.3, -0.25) is 4.79 Å². The molecule has 0 bridgehead atoms. The number of aryl methyl sites for hydroxylation is 2. The molecule has 190 valence electrons. The van der Waals surface area contributed by atoms with Crippen molar-refractivity contribution in [2.45, 2.75) is 36.6 Å². The van der Waals surface area contributed by atoms with Gasteiger partial charge in [-0.15, -0.1) is 0 Å². The molecule has 0 fully saturated rings. The Balaban J connectivity index is 1.67. The number of fused-ring (bicyclic) bond motifs is 2. The first-order valence-corrected chi connectivity index (χ1v) is 14.6. The summed E-state index contributed by atoms with van der Waals surface area (Å²) in [4.78, 5) is 12.8. The van der Waals surface area contributed by atoms with E-state index in [9.17, 15) is 4.79 Å². The Kier molecular flexibility index (Phi) is 6.21. The van der Waals surface area contributed by atoms with E-state index in [1.807, 2.05) is 41.9 Å². The van der Waals surface area contributed by atoms with Crippen molar-refractivity contribution in [1.29, 1.82) is 0 Å². The number of rotatable bonds is 4. The molecule has 4 aromatic rings. The Labute approximate surface area is 237 Å². The summed E-state index contributed by atoms with van der Waals surface area (Å²) in [5, 5.41) is 8.16. The Morgan fingerprint density at radius 1 is 0.789 bits per heavy atom. The molecule has 1 atom stereocenters. The van der Waals surface area contributed by atoms with Crippen molar-refractivity contribution in [3.05, 3.63) is 135 Å². The molecule has 0 aliphatic carbocycles. The number of ketones is 1. The highest BCUT2D eigenvalue weighted by Gasteiger charge is 2.61. The van der Waals surface area contributed by atoms with Crippen LogP contribution in [0.25, 0.3) is 0 Å². The van der Waals surface area contributed by atoms with Crippen molar-refractivity contribution in [3.63, 3.8) is 0 Å². The maximum Gasteiger partial charge on any atom is 0.187 e. The SMILES string of the molecule is CC(=O)C1=NN(c2cccc(Cl)c2C)C2(S1)SC(c1ccc(C)cc1)(c1ccc(C)cc1)c1ccccc12. The molecule has 0 saturated carbocycles. The van der Waals surface area contributed by atoms with E-state index in [1.165, 1.54) is 39.6 Å². The molecule has 2 aliphatic rings. The number of carbonyl (C=O) groups is 1. The number of thioether (sulfide) groups is 2. The number of hydrogen-bond acceptors (Lipinski definition) is 5. The number of nitrogens with zero attached hydrogens (tertiary/aromatic N) is 2. The molecular formula is C32H27ClN2OS2. The van der Waals surface area contributed by atoms with E-state index in [1.54, 1.807) is 6.92 Å². The number of halogens is 1. The molecule has 6 heteroatoms. The predicted molar refractivity (Wildman–Crippen MR) is 162 cm³/mol. The predicted octanol–water partition coefficient (Wildman–Crippen LogP) is 8.57. The van der Waals surface area contributed by atoms with Crippen molar-refractivity contribution >= 4 is 51.6 Å². The molecule has 4 aromatic carbocycles. The van der Waals surface area contributed by atoms with E-state index in [4.69, 9.17) is 16.7 Å². The van der Waals surface area contributed by atoms with Gasteiger partial charge in [0.05, 0.1) is 10.4 Å². The van der Waals surface area contributed by atoms with Crippen molar-refractivity contribution in [3.8, 4) is 0 Å². The molecule has 1 unspecified atom stereocenters. The van der Waals surface area contributed by atoms with E-state index in [0.29, 0.717) is 10.1 Å². The minimum absolute atomic E-state index is 0.0437. The van der Waals surface area contributed by atoms with Crippen LogP contribution < -0.4 is 5.01 Å². The van der Waals surface area contributed by atoms with Crippen molar-refractivity contribution < 1.29 is 4.79 Å². The van der Waals surface area contributed by atoms with Gasteiger partial charge < -0.3 is 0 Å². The zero-order valence-electron chi connectivity index (χ0n) is 21.7. The number of hydrogen-bond donors (Lipinski definition) is 0. The van der Waals surface area contributed by atoms with Crippen LogP contribution in [-0.4, -0.2) is 10.8 Å². The monoisotopic (exact) mass is 554 g/mol. The lowest BCUT2D eigenvalue weighted by Crippen LogP contribution is -2.34. The molecule has 0 amide bonds. The van der Waals surface area contributed by atoms with E-state index in [2.05, 4.69) is 86.6 Å². The summed E-state index contributed by atoms with van der Waals surface area (Å²) < 4.78 is -1.22. The molecule has 2 heterocycles. The minimum atomic E-state index is -0.706. The summed E-state index contributed by atoms with van der Waals surface area (Å²) in [7, 11) is 0. The zero-order chi connectivity index (χ0) is 26.7. The van der Waals surface area contributed by atoms with Gasteiger partial charge in [-0.25, -0.2) is 5.01 Å². The first-order chi connectivity index (χ1) is 18.3. The molecule has 38 heavy (non-hydrogen) atoms. The van der Waals surface area contributed by atoms with Gasteiger partial charge in [-0.1, -0.05) is 125 Å². The van der Waals surface area contributed by atoms with Gasteiger partial charge in [-0.2, -0.15) is 5.10 Å². The van der Waals surface area contributed by atoms with Crippen LogP contribution in [0.1, 0.15) is 45.9 Å². The van der Waals surface area contributed by atoms with E-state index in [-0.39, 0.29) is 5.78 Å². The standard InChI is InChI=1S/C32H27ClN2OS2/c1-20-12-16-24(17-13-20)31(25-18-14-21(2)15-19-25)26-8-5-6-9-27(26)32(38-31)35(34-30(37-32)23(4)36)29-11-7-10-28(33)22(29)3/h5-19H,1-4H3. The van der Waals surface area contributed by atoms with Gasteiger partial charge in [0.2, 0.25) is 0 Å². The van der Waals surface area contributed by atoms with Crippen molar-refractivity contribution in [2.75, 3.05) is 5.01 Å². The third-order valence-electron chi connectivity index (χ3n) is 7.33. The largest absolute Gasteiger partial charge is 0.292 e. The second-order valence-electron chi connectivity index (χ2n) is 9.90. The fourth-order valence-electron chi connectivity index (χ4n) is 5.32. The molecule has 0 N–H and O–H groups in total. The van der Waals surface area contributed by atoms with Crippen LogP contribution in [0.15, 0.2) is 96.1 Å². The topological polar surface area (TPSA) is 32.7 Å². The molecule has 2 aliphatic heterocycles. The summed E-state index contributed by atoms with van der Waals surface area (Å²) >= 11 is 9.97. The van der Waals surface area contributed by atoms with Gasteiger partial charge in [0.15, 0.2) is 15.0 Å².